The third kappa shape index (κ3) is 2.07. The van der Waals surface area contributed by atoms with Gasteiger partial charge in [0, 0.05) is 22.7 Å². The van der Waals surface area contributed by atoms with Gasteiger partial charge in [-0.05, 0) is 30.2 Å². The lowest BCUT2D eigenvalue weighted by Gasteiger charge is -1.91. The van der Waals surface area contributed by atoms with Crippen molar-refractivity contribution in [3.8, 4) is 11.8 Å². The zero-order valence-electron chi connectivity index (χ0n) is 9.68. The number of fused-ring (bicyclic) bond motifs is 1. The van der Waals surface area contributed by atoms with Gasteiger partial charge in [0.1, 0.15) is 5.58 Å². The van der Waals surface area contributed by atoms with Crippen molar-refractivity contribution in [2.75, 3.05) is 5.73 Å². The van der Waals surface area contributed by atoms with Crippen molar-refractivity contribution in [2.24, 2.45) is 0 Å². The summed E-state index contributed by atoms with van der Waals surface area (Å²) < 4.78 is 5.62. The topological polar surface area (TPSA) is 39.2 Å². The molecule has 2 nitrogen and oxygen atoms in total. The second kappa shape index (κ2) is 4.31. The average Bonchev–Trinajstić information content (AvgIpc) is 2.79. The van der Waals surface area contributed by atoms with Crippen molar-refractivity contribution in [3.05, 3.63) is 65.9 Å². The van der Waals surface area contributed by atoms with E-state index in [2.05, 4.69) is 11.8 Å². The summed E-state index contributed by atoms with van der Waals surface area (Å²) in [5, 5.41) is 1.06. The first-order valence-corrected chi connectivity index (χ1v) is 5.67. The highest BCUT2D eigenvalue weighted by atomic mass is 16.3. The first-order chi connectivity index (χ1) is 8.81. The number of rotatable bonds is 0. The van der Waals surface area contributed by atoms with E-state index in [4.69, 9.17) is 10.2 Å². The molecule has 0 aliphatic heterocycles. The van der Waals surface area contributed by atoms with Gasteiger partial charge in [0.05, 0.1) is 0 Å². The molecular weight excluding hydrogens is 222 g/mol. The average molecular weight is 233 g/mol. The molecule has 0 aliphatic rings. The molecule has 0 atom stereocenters. The van der Waals surface area contributed by atoms with E-state index >= 15 is 0 Å². The van der Waals surface area contributed by atoms with Gasteiger partial charge in [-0.1, -0.05) is 30.2 Å². The maximum Gasteiger partial charge on any atom is 0.178 e. The molecule has 0 amide bonds. The van der Waals surface area contributed by atoms with E-state index in [0.717, 1.165) is 16.5 Å². The third-order valence-electron chi connectivity index (χ3n) is 2.64. The zero-order chi connectivity index (χ0) is 12.4. The van der Waals surface area contributed by atoms with E-state index in [1.54, 1.807) is 0 Å². The lowest BCUT2D eigenvalue weighted by Crippen LogP contribution is -1.84. The fourth-order valence-electron chi connectivity index (χ4n) is 1.79. The maximum absolute atomic E-state index is 5.70. The van der Waals surface area contributed by atoms with E-state index in [-0.39, 0.29) is 0 Å². The van der Waals surface area contributed by atoms with Gasteiger partial charge in [-0.25, -0.2) is 0 Å². The Kier molecular flexibility index (Phi) is 2.51. The SMILES string of the molecule is Nc1cccc(C#Cc2cc3ccccc3o2)c1. The number of anilines is 1. The van der Waals surface area contributed by atoms with E-state index in [9.17, 15) is 0 Å². The van der Waals surface area contributed by atoms with Gasteiger partial charge in [-0.2, -0.15) is 0 Å². The molecule has 0 saturated carbocycles. The predicted molar refractivity (Wildman–Crippen MR) is 73.0 cm³/mol. The van der Waals surface area contributed by atoms with Crippen molar-refractivity contribution >= 4 is 16.7 Å². The summed E-state index contributed by atoms with van der Waals surface area (Å²) in [4.78, 5) is 0. The molecular formula is C16H11NO. The molecule has 1 aromatic heterocycles. The van der Waals surface area contributed by atoms with Crippen LogP contribution >= 0.6 is 0 Å². The predicted octanol–water partition coefficient (Wildman–Crippen LogP) is 3.41. The molecule has 0 aliphatic carbocycles. The summed E-state index contributed by atoms with van der Waals surface area (Å²) >= 11 is 0. The highest BCUT2D eigenvalue weighted by Crippen LogP contribution is 2.18. The quantitative estimate of drug-likeness (QED) is 0.477. The van der Waals surface area contributed by atoms with Gasteiger partial charge >= 0.3 is 0 Å². The number of nitrogens with two attached hydrogens (primary N) is 1. The van der Waals surface area contributed by atoms with Gasteiger partial charge in [-0.3, -0.25) is 0 Å². The molecule has 0 radical (unpaired) electrons. The summed E-state index contributed by atoms with van der Waals surface area (Å²) in [6.07, 6.45) is 0. The molecule has 18 heavy (non-hydrogen) atoms. The first kappa shape index (κ1) is 10.5. The second-order valence-electron chi connectivity index (χ2n) is 4.02. The highest BCUT2D eigenvalue weighted by molar-refractivity contribution is 5.78. The number of benzene rings is 2. The monoisotopic (exact) mass is 233 g/mol. The summed E-state index contributed by atoms with van der Waals surface area (Å²) in [7, 11) is 0. The molecule has 2 N–H and O–H groups in total. The normalized spacial score (nSPS) is 10.0. The minimum atomic E-state index is 0.665. The largest absolute Gasteiger partial charge is 0.448 e. The summed E-state index contributed by atoms with van der Waals surface area (Å²) in [5.41, 5.74) is 8.15. The van der Waals surface area contributed by atoms with Gasteiger partial charge in [0.25, 0.3) is 0 Å². The van der Waals surface area contributed by atoms with Crippen LogP contribution in [0.3, 0.4) is 0 Å². The molecule has 2 heteroatoms. The van der Waals surface area contributed by atoms with E-state index in [0.29, 0.717) is 11.4 Å². The number of hydrogen-bond acceptors (Lipinski definition) is 2. The third-order valence-corrected chi connectivity index (χ3v) is 2.64. The number of hydrogen-bond donors (Lipinski definition) is 1. The highest BCUT2D eigenvalue weighted by Gasteiger charge is 1.99. The van der Waals surface area contributed by atoms with Crippen LogP contribution < -0.4 is 5.73 Å². The van der Waals surface area contributed by atoms with E-state index in [1.807, 2.05) is 54.6 Å². The number of para-hydroxylation sites is 1. The van der Waals surface area contributed by atoms with Crippen LogP contribution in [0.1, 0.15) is 11.3 Å². The van der Waals surface area contributed by atoms with Crippen LogP contribution in [0.15, 0.2) is 59.0 Å². The Morgan fingerprint density at radius 2 is 1.78 bits per heavy atom. The first-order valence-electron chi connectivity index (χ1n) is 5.67. The fraction of sp³-hybridized carbons (Fsp3) is 0. The van der Waals surface area contributed by atoms with Crippen LogP contribution in [0, 0.1) is 11.8 Å². The minimum absolute atomic E-state index is 0.665. The molecule has 0 saturated heterocycles. The summed E-state index contributed by atoms with van der Waals surface area (Å²) in [5.74, 6) is 6.71. The van der Waals surface area contributed by atoms with Crippen molar-refractivity contribution < 1.29 is 4.42 Å². The maximum atomic E-state index is 5.70. The molecule has 1 heterocycles. The minimum Gasteiger partial charge on any atom is -0.448 e. The molecule has 2 aromatic carbocycles. The van der Waals surface area contributed by atoms with Crippen molar-refractivity contribution in [3.63, 3.8) is 0 Å². The molecule has 3 rings (SSSR count). The standard InChI is InChI=1S/C16H11NO/c17-14-6-3-4-12(10-14)8-9-15-11-13-5-1-2-7-16(13)18-15/h1-7,10-11H,17H2. The van der Waals surface area contributed by atoms with Crippen molar-refractivity contribution in [1.82, 2.24) is 0 Å². The van der Waals surface area contributed by atoms with Crippen molar-refractivity contribution in [2.45, 2.75) is 0 Å². The van der Waals surface area contributed by atoms with E-state index in [1.165, 1.54) is 0 Å². The van der Waals surface area contributed by atoms with Gasteiger partial charge < -0.3 is 10.2 Å². The second-order valence-corrected chi connectivity index (χ2v) is 4.02. The van der Waals surface area contributed by atoms with Gasteiger partial charge in [0.15, 0.2) is 5.76 Å². The van der Waals surface area contributed by atoms with Crippen LogP contribution in [-0.4, -0.2) is 0 Å². The lowest BCUT2D eigenvalue weighted by molar-refractivity contribution is 0.601. The zero-order valence-corrected chi connectivity index (χ0v) is 9.68. The Bertz CT molecular complexity index is 726. The molecule has 0 bridgehead atoms. The van der Waals surface area contributed by atoms with Crippen LogP contribution in [0.4, 0.5) is 5.69 Å². The number of nitrogen functional groups attached to an aromatic ring is 1. The summed E-state index contributed by atoms with van der Waals surface area (Å²) in [6.45, 7) is 0. The Morgan fingerprint density at radius 3 is 2.61 bits per heavy atom. The Hall–Kier alpha value is -2.66. The smallest absolute Gasteiger partial charge is 0.178 e. The lowest BCUT2D eigenvalue weighted by atomic mass is 10.2. The Labute approximate surface area is 105 Å². The Morgan fingerprint density at radius 1 is 0.889 bits per heavy atom. The van der Waals surface area contributed by atoms with Crippen LogP contribution in [0.25, 0.3) is 11.0 Å². The van der Waals surface area contributed by atoms with E-state index < -0.39 is 0 Å². The molecule has 0 fully saturated rings. The molecule has 3 aromatic rings. The molecule has 0 spiro atoms. The van der Waals surface area contributed by atoms with Crippen LogP contribution in [0.5, 0.6) is 0 Å². The Balaban J connectivity index is 1.97. The van der Waals surface area contributed by atoms with Gasteiger partial charge in [-0.15, -0.1) is 0 Å². The molecule has 0 unspecified atom stereocenters. The van der Waals surface area contributed by atoms with Crippen molar-refractivity contribution in [1.29, 1.82) is 0 Å². The molecule has 86 valence electrons. The fourth-order valence-corrected chi connectivity index (χ4v) is 1.79. The van der Waals surface area contributed by atoms with Crippen LogP contribution in [0.2, 0.25) is 0 Å². The summed E-state index contributed by atoms with van der Waals surface area (Å²) in [6, 6.07) is 17.3. The van der Waals surface area contributed by atoms with Crippen LogP contribution in [-0.2, 0) is 0 Å². The van der Waals surface area contributed by atoms with Gasteiger partial charge in [0.2, 0.25) is 0 Å². The number of furan rings is 1.